The van der Waals surface area contributed by atoms with Crippen molar-refractivity contribution in [1.82, 2.24) is 5.32 Å². The zero-order valence-electron chi connectivity index (χ0n) is 17.4. The number of rotatable bonds is 7. The number of anilines is 2. The quantitative estimate of drug-likeness (QED) is 0.530. The molecule has 0 radical (unpaired) electrons. The van der Waals surface area contributed by atoms with E-state index < -0.39 is 0 Å². The highest BCUT2D eigenvalue weighted by Crippen LogP contribution is 2.29. The van der Waals surface area contributed by atoms with Gasteiger partial charge in [0.05, 0.1) is 20.8 Å². The molecule has 1 fully saturated rings. The Hall–Kier alpha value is -2.54. The van der Waals surface area contributed by atoms with Crippen molar-refractivity contribution in [3.8, 4) is 11.5 Å². The van der Waals surface area contributed by atoms with E-state index in [1.165, 1.54) is 22.8 Å². The highest BCUT2D eigenvalue weighted by atomic mass is 32.2. The van der Waals surface area contributed by atoms with E-state index >= 15 is 0 Å². The van der Waals surface area contributed by atoms with Crippen LogP contribution in [0.15, 0.2) is 47.5 Å². The average Bonchev–Trinajstić information content (AvgIpc) is 2.78. The molecule has 7 heteroatoms. The van der Waals surface area contributed by atoms with Crippen molar-refractivity contribution in [1.29, 1.82) is 0 Å². The van der Waals surface area contributed by atoms with E-state index in [-0.39, 0.29) is 0 Å². The van der Waals surface area contributed by atoms with Gasteiger partial charge in [0, 0.05) is 48.6 Å². The second-order valence-electron chi connectivity index (χ2n) is 6.66. The monoisotopic (exact) mass is 414 g/mol. The zero-order chi connectivity index (χ0) is 20.5. The first-order valence-electron chi connectivity index (χ1n) is 9.92. The number of hydrogen-bond donors (Lipinski definition) is 2. The zero-order valence-corrected chi connectivity index (χ0v) is 18.2. The van der Waals surface area contributed by atoms with Gasteiger partial charge in [-0.2, -0.15) is 11.8 Å². The molecule has 1 aliphatic rings. The van der Waals surface area contributed by atoms with Crippen LogP contribution in [0.25, 0.3) is 0 Å². The number of methoxy groups -OCH3 is 2. The minimum Gasteiger partial charge on any atom is -0.493 e. The first-order chi connectivity index (χ1) is 14.2. The van der Waals surface area contributed by atoms with Crippen molar-refractivity contribution in [2.24, 2.45) is 4.99 Å². The standard InChI is InChI=1S/C22H30N4O2S/c1-4-23-22(25-18-7-10-20(27-2)21(15-18)28-3)24-16-17-5-8-19(9-6-17)26-11-13-29-14-12-26/h5-10,15H,4,11-14,16H2,1-3H3,(H2,23,24,25). The summed E-state index contributed by atoms with van der Waals surface area (Å²) in [5.74, 6) is 4.53. The number of nitrogens with one attached hydrogen (secondary N) is 2. The van der Waals surface area contributed by atoms with E-state index in [0.717, 1.165) is 31.3 Å². The van der Waals surface area contributed by atoms with Crippen LogP contribution >= 0.6 is 11.8 Å². The number of thioether (sulfide) groups is 1. The predicted molar refractivity (Wildman–Crippen MR) is 124 cm³/mol. The maximum Gasteiger partial charge on any atom is 0.196 e. The lowest BCUT2D eigenvalue weighted by Crippen LogP contribution is -2.32. The summed E-state index contributed by atoms with van der Waals surface area (Å²) in [6.07, 6.45) is 0. The van der Waals surface area contributed by atoms with Gasteiger partial charge in [0.25, 0.3) is 0 Å². The largest absolute Gasteiger partial charge is 0.493 e. The lowest BCUT2D eigenvalue weighted by atomic mass is 10.2. The molecule has 0 aromatic heterocycles. The molecule has 2 aromatic rings. The Bertz CT molecular complexity index is 805. The summed E-state index contributed by atoms with van der Waals surface area (Å²) in [6.45, 7) is 5.70. The molecule has 0 unspecified atom stereocenters. The van der Waals surface area contributed by atoms with Crippen LogP contribution in [0.4, 0.5) is 11.4 Å². The van der Waals surface area contributed by atoms with Crippen LogP contribution in [0.1, 0.15) is 12.5 Å². The molecule has 1 aliphatic heterocycles. The van der Waals surface area contributed by atoms with Crippen LogP contribution < -0.4 is 25.0 Å². The van der Waals surface area contributed by atoms with Crippen LogP contribution in [-0.2, 0) is 6.54 Å². The Morgan fingerprint density at radius 2 is 1.76 bits per heavy atom. The number of ether oxygens (including phenoxy) is 2. The molecule has 2 N–H and O–H groups in total. The molecular formula is C22H30N4O2S. The third-order valence-corrected chi connectivity index (χ3v) is 5.67. The molecular weight excluding hydrogens is 384 g/mol. The molecule has 0 aliphatic carbocycles. The number of benzene rings is 2. The summed E-state index contributed by atoms with van der Waals surface area (Å²) in [5.41, 5.74) is 3.37. The normalized spacial score (nSPS) is 14.4. The fraction of sp³-hybridized carbons (Fsp3) is 0.409. The lowest BCUT2D eigenvalue weighted by molar-refractivity contribution is 0.355. The SMILES string of the molecule is CCNC(=NCc1ccc(N2CCSCC2)cc1)Nc1ccc(OC)c(OC)c1. The first-order valence-corrected chi connectivity index (χ1v) is 11.1. The van der Waals surface area contributed by atoms with Gasteiger partial charge in [-0.1, -0.05) is 12.1 Å². The molecule has 29 heavy (non-hydrogen) atoms. The Morgan fingerprint density at radius 3 is 2.41 bits per heavy atom. The van der Waals surface area contributed by atoms with Gasteiger partial charge in [-0.05, 0) is 36.8 Å². The fourth-order valence-electron chi connectivity index (χ4n) is 3.16. The molecule has 3 rings (SSSR count). The van der Waals surface area contributed by atoms with Gasteiger partial charge in [0.15, 0.2) is 17.5 Å². The van der Waals surface area contributed by atoms with Gasteiger partial charge >= 0.3 is 0 Å². The Labute approximate surface area is 177 Å². The van der Waals surface area contributed by atoms with Crippen molar-refractivity contribution >= 4 is 29.1 Å². The number of nitrogens with zero attached hydrogens (tertiary/aromatic N) is 2. The molecule has 0 spiro atoms. The van der Waals surface area contributed by atoms with Gasteiger partial charge in [-0.3, -0.25) is 0 Å². The summed E-state index contributed by atoms with van der Waals surface area (Å²) in [4.78, 5) is 7.18. The van der Waals surface area contributed by atoms with Crippen LogP contribution in [-0.4, -0.2) is 51.3 Å². The predicted octanol–water partition coefficient (Wildman–Crippen LogP) is 3.83. The summed E-state index contributed by atoms with van der Waals surface area (Å²) in [7, 11) is 3.26. The van der Waals surface area contributed by atoms with E-state index in [2.05, 4.69) is 46.7 Å². The molecule has 0 bridgehead atoms. The van der Waals surface area contributed by atoms with Crippen LogP contribution in [0.3, 0.4) is 0 Å². The first kappa shape index (κ1) is 21.2. The molecule has 1 heterocycles. The lowest BCUT2D eigenvalue weighted by Gasteiger charge is -2.28. The second kappa shape index (κ2) is 10.9. The average molecular weight is 415 g/mol. The molecule has 156 valence electrons. The Balaban J connectivity index is 1.65. The topological polar surface area (TPSA) is 58.1 Å². The van der Waals surface area contributed by atoms with E-state index in [1.54, 1.807) is 14.2 Å². The Kier molecular flexibility index (Phi) is 7.93. The maximum absolute atomic E-state index is 5.38. The van der Waals surface area contributed by atoms with Crippen molar-refractivity contribution in [2.45, 2.75) is 13.5 Å². The van der Waals surface area contributed by atoms with Crippen LogP contribution in [0.5, 0.6) is 11.5 Å². The molecule has 0 amide bonds. The fourth-order valence-corrected chi connectivity index (χ4v) is 4.06. The molecule has 1 saturated heterocycles. The minimum atomic E-state index is 0.610. The summed E-state index contributed by atoms with van der Waals surface area (Å²) in [5, 5.41) is 6.62. The van der Waals surface area contributed by atoms with Gasteiger partial charge in [0.2, 0.25) is 0 Å². The molecule has 0 saturated carbocycles. The third kappa shape index (κ3) is 5.97. The van der Waals surface area contributed by atoms with Crippen molar-refractivity contribution in [3.63, 3.8) is 0 Å². The van der Waals surface area contributed by atoms with E-state index in [0.29, 0.717) is 18.0 Å². The summed E-state index contributed by atoms with van der Waals surface area (Å²) < 4.78 is 10.7. The number of hydrogen-bond acceptors (Lipinski definition) is 5. The number of aliphatic imine (C=N–C) groups is 1. The van der Waals surface area contributed by atoms with Gasteiger partial charge in [-0.15, -0.1) is 0 Å². The molecule has 6 nitrogen and oxygen atoms in total. The van der Waals surface area contributed by atoms with Crippen LogP contribution in [0, 0.1) is 0 Å². The van der Waals surface area contributed by atoms with E-state index in [4.69, 9.17) is 14.5 Å². The van der Waals surface area contributed by atoms with Crippen molar-refractivity contribution in [3.05, 3.63) is 48.0 Å². The number of guanidine groups is 1. The highest BCUT2D eigenvalue weighted by molar-refractivity contribution is 7.99. The summed E-state index contributed by atoms with van der Waals surface area (Å²) in [6, 6.07) is 14.5. The van der Waals surface area contributed by atoms with E-state index in [9.17, 15) is 0 Å². The van der Waals surface area contributed by atoms with Gasteiger partial charge in [0.1, 0.15) is 0 Å². The second-order valence-corrected chi connectivity index (χ2v) is 7.88. The van der Waals surface area contributed by atoms with Gasteiger partial charge in [-0.25, -0.2) is 4.99 Å². The highest BCUT2D eigenvalue weighted by Gasteiger charge is 2.11. The molecule has 0 atom stereocenters. The smallest absolute Gasteiger partial charge is 0.196 e. The van der Waals surface area contributed by atoms with Crippen molar-refractivity contribution < 1.29 is 9.47 Å². The Morgan fingerprint density at radius 1 is 1.03 bits per heavy atom. The third-order valence-electron chi connectivity index (χ3n) is 4.72. The van der Waals surface area contributed by atoms with E-state index in [1.807, 2.05) is 30.0 Å². The minimum absolute atomic E-state index is 0.610. The van der Waals surface area contributed by atoms with Crippen LogP contribution in [0.2, 0.25) is 0 Å². The molecule has 2 aromatic carbocycles. The van der Waals surface area contributed by atoms with Gasteiger partial charge < -0.3 is 25.0 Å². The van der Waals surface area contributed by atoms with Crippen molar-refractivity contribution in [2.75, 3.05) is 55.6 Å². The summed E-state index contributed by atoms with van der Waals surface area (Å²) >= 11 is 2.03. The maximum atomic E-state index is 5.38.